The van der Waals surface area contributed by atoms with Gasteiger partial charge in [-0.2, -0.15) is 0 Å². The summed E-state index contributed by atoms with van der Waals surface area (Å²) < 4.78 is 40.2. The van der Waals surface area contributed by atoms with E-state index in [1.807, 2.05) is 78.9 Å². The topological polar surface area (TPSA) is 141 Å². The Bertz CT molecular complexity index is 2050. The van der Waals surface area contributed by atoms with Crippen LogP contribution in [0.5, 0.6) is 5.75 Å². The monoisotopic (exact) mass is 702 g/mol. The normalized spacial score (nSPS) is 16.4. The summed E-state index contributed by atoms with van der Waals surface area (Å²) >= 11 is 0. The SMILES string of the molecule is [N-]=[N+]=NCc1ccccc1C[C@]1(C(=O)NNCc2cc(F)cc(F)c2)N=C(c2ccc(OCCCO)cc2)O[C@H]1c1ccc(-c2ccccc2)cc1. The maximum Gasteiger partial charge on any atom is 0.266 e. The van der Waals surface area contributed by atoms with Gasteiger partial charge in [0.2, 0.25) is 5.90 Å². The number of nitrogens with one attached hydrogen (secondary N) is 2. The average molecular weight is 703 g/mol. The molecular weight excluding hydrogens is 666 g/mol. The van der Waals surface area contributed by atoms with Gasteiger partial charge in [0.25, 0.3) is 5.91 Å². The minimum atomic E-state index is -1.62. The van der Waals surface area contributed by atoms with Crippen molar-refractivity contribution in [2.75, 3.05) is 13.2 Å². The summed E-state index contributed by atoms with van der Waals surface area (Å²) in [4.78, 5) is 22.6. The number of nitrogens with zero attached hydrogens (tertiary/aromatic N) is 4. The molecule has 264 valence electrons. The van der Waals surface area contributed by atoms with Crippen LogP contribution in [0.4, 0.5) is 8.78 Å². The maximum absolute atomic E-state index is 14.6. The van der Waals surface area contributed by atoms with E-state index < -0.39 is 29.2 Å². The lowest BCUT2D eigenvalue weighted by atomic mass is 9.80. The van der Waals surface area contributed by atoms with E-state index >= 15 is 0 Å². The van der Waals surface area contributed by atoms with Gasteiger partial charge in [-0.1, -0.05) is 84.0 Å². The Hall–Kier alpha value is -6.07. The molecule has 0 fully saturated rings. The second kappa shape index (κ2) is 16.8. The molecule has 0 saturated carbocycles. The van der Waals surface area contributed by atoms with Crippen LogP contribution in [0.3, 0.4) is 0 Å². The van der Waals surface area contributed by atoms with Crippen molar-refractivity contribution in [2.24, 2.45) is 10.1 Å². The van der Waals surface area contributed by atoms with Crippen molar-refractivity contribution >= 4 is 11.8 Å². The lowest BCUT2D eigenvalue weighted by Crippen LogP contribution is -2.53. The fourth-order valence-corrected chi connectivity index (χ4v) is 6.09. The summed E-state index contributed by atoms with van der Waals surface area (Å²) in [5.41, 5.74) is 18.0. The highest BCUT2D eigenvalue weighted by Gasteiger charge is 2.53. The summed E-state index contributed by atoms with van der Waals surface area (Å²) in [6.07, 6.45) is -0.402. The third kappa shape index (κ3) is 8.44. The average Bonchev–Trinajstić information content (AvgIpc) is 3.55. The molecule has 10 nitrogen and oxygen atoms in total. The minimum absolute atomic E-state index is 0.0144. The summed E-state index contributed by atoms with van der Waals surface area (Å²) in [7, 11) is 0. The molecule has 52 heavy (non-hydrogen) atoms. The zero-order valence-corrected chi connectivity index (χ0v) is 28.1. The zero-order chi connectivity index (χ0) is 36.3. The number of carbonyl (C=O) groups is 1. The van der Waals surface area contributed by atoms with E-state index in [2.05, 4.69) is 20.9 Å². The lowest BCUT2D eigenvalue weighted by Gasteiger charge is -2.31. The number of aliphatic imine (C=N–C) groups is 1. The van der Waals surface area contributed by atoms with Crippen LogP contribution in [-0.2, 0) is 29.0 Å². The maximum atomic E-state index is 14.6. The number of carbonyl (C=O) groups excluding carboxylic acids is 1. The Morgan fingerprint density at radius 2 is 1.54 bits per heavy atom. The molecule has 1 heterocycles. The van der Waals surface area contributed by atoms with E-state index in [0.717, 1.165) is 17.2 Å². The molecule has 5 aromatic rings. The second-order valence-electron chi connectivity index (χ2n) is 12.2. The fraction of sp³-hybridized carbons (Fsp3) is 0.200. The highest BCUT2D eigenvalue weighted by Crippen LogP contribution is 2.43. The first-order chi connectivity index (χ1) is 25.4. The van der Waals surface area contributed by atoms with Crippen molar-refractivity contribution in [1.82, 2.24) is 10.9 Å². The molecule has 1 amide bonds. The number of azide groups is 1. The van der Waals surface area contributed by atoms with Crippen molar-refractivity contribution in [2.45, 2.75) is 37.6 Å². The first kappa shape index (κ1) is 35.7. The minimum Gasteiger partial charge on any atom is -0.494 e. The molecule has 6 rings (SSSR count). The van der Waals surface area contributed by atoms with E-state index in [-0.39, 0.29) is 37.6 Å². The number of amides is 1. The number of benzene rings is 5. The molecule has 1 aliphatic rings. The fourth-order valence-electron chi connectivity index (χ4n) is 6.09. The van der Waals surface area contributed by atoms with Gasteiger partial charge < -0.3 is 14.6 Å². The first-order valence-corrected chi connectivity index (χ1v) is 16.7. The van der Waals surface area contributed by atoms with Gasteiger partial charge >= 0.3 is 0 Å². The second-order valence-corrected chi connectivity index (χ2v) is 12.2. The summed E-state index contributed by atoms with van der Waals surface area (Å²) in [5, 5.41) is 12.9. The van der Waals surface area contributed by atoms with E-state index in [0.29, 0.717) is 41.0 Å². The highest BCUT2D eigenvalue weighted by molar-refractivity contribution is 6.01. The van der Waals surface area contributed by atoms with Gasteiger partial charge in [-0.05, 0) is 75.3 Å². The number of aliphatic hydroxyl groups is 1. The summed E-state index contributed by atoms with van der Waals surface area (Å²) in [5.74, 6) is -1.22. The number of hydrogen-bond acceptors (Lipinski definition) is 7. The van der Waals surface area contributed by atoms with Crippen LogP contribution in [-0.4, -0.2) is 35.7 Å². The van der Waals surface area contributed by atoms with E-state index in [1.165, 1.54) is 12.1 Å². The van der Waals surface area contributed by atoms with Gasteiger partial charge in [-0.3, -0.25) is 10.2 Å². The quantitative estimate of drug-likeness (QED) is 0.0340. The molecule has 3 N–H and O–H groups in total. The van der Waals surface area contributed by atoms with Gasteiger partial charge in [-0.15, -0.1) is 0 Å². The zero-order valence-electron chi connectivity index (χ0n) is 28.1. The Morgan fingerprint density at radius 3 is 2.23 bits per heavy atom. The molecule has 12 heteroatoms. The number of rotatable bonds is 15. The third-order valence-corrected chi connectivity index (χ3v) is 8.65. The van der Waals surface area contributed by atoms with Crippen molar-refractivity contribution in [3.8, 4) is 16.9 Å². The molecular formula is C40H36F2N6O4. The predicted octanol–water partition coefficient (Wildman–Crippen LogP) is 7.52. The Balaban J connectivity index is 1.41. The number of hydrazine groups is 1. The molecule has 0 radical (unpaired) electrons. The molecule has 0 saturated heterocycles. The van der Waals surface area contributed by atoms with Gasteiger partial charge in [0.1, 0.15) is 17.4 Å². The van der Waals surface area contributed by atoms with Gasteiger partial charge in [-0.25, -0.2) is 19.2 Å². The van der Waals surface area contributed by atoms with Crippen LogP contribution in [0.25, 0.3) is 21.6 Å². The van der Waals surface area contributed by atoms with E-state index in [9.17, 15) is 13.6 Å². The Kier molecular flexibility index (Phi) is 11.5. The third-order valence-electron chi connectivity index (χ3n) is 8.65. The number of ether oxygens (including phenoxy) is 2. The molecule has 0 spiro atoms. The number of aliphatic hydroxyl groups excluding tert-OH is 1. The highest BCUT2D eigenvalue weighted by atomic mass is 19.1. The van der Waals surface area contributed by atoms with Crippen LogP contribution < -0.4 is 15.6 Å². The first-order valence-electron chi connectivity index (χ1n) is 16.7. The summed E-state index contributed by atoms with van der Waals surface area (Å²) in [6, 6.07) is 35.1. The van der Waals surface area contributed by atoms with Gasteiger partial charge in [0.05, 0.1) is 13.2 Å². The smallest absolute Gasteiger partial charge is 0.266 e. The standard InChI is InChI=1S/C40H36F2N6O4/c41-34-21-27(22-35(42)23-34)25-44-47-39(50)40(24-32-9-4-5-10-33(32)26-45-48-43)37(30-13-11-29(12-14-30)28-7-2-1-3-8-28)52-38(46-40)31-15-17-36(18-16-31)51-20-6-19-49/h1-5,7-18,21-23,37,44,49H,6,19-20,24-26H2,(H,47,50)/t37-,40-/m0/s1. The van der Waals surface area contributed by atoms with Crippen LogP contribution in [0.1, 0.15) is 40.3 Å². The predicted molar refractivity (Wildman–Crippen MR) is 193 cm³/mol. The van der Waals surface area contributed by atoms with Crippen molar-refractivity contribution in [3.05, 3.63) is 171 Å². The molecule has 0 aromatic heterocycles. The van der Waals surface area contributed by atoms with Crippen LogP contribution >= 0.6 is 0 Å². The van der Waals surface area contributed by atoms with Crippen molar-refractivity contribution in [1.29, 1.82) is 0 Å². The molecule has 0 bridgehead atoms. The van der Waals surface area contributed by atoms with Gasteiger partial charge in [0.15, 0.2) is 11.6 Å². The molecule has 2 atom stereocenters. The van der Waals surface area contributed by atoms with Crippen molar-refractivity contribution in [3.63, 3.8) is 0 Å². The van der Waals surface area contributed by atoms with Crippen molar-refractivity contribution < 1.29 is 28.2 Å². The largest absolute Gasteiger partial charge is 0.494 e. The molecule has 0 aliphatic carbocycles. The lowest BCUT2D eigenvalue weighted by molar-refractivity contribution is -0.130. The van der Waals surface area contributed by atoms with Crippen LogP contribution in [0.15, 0.2) is 131 Å². The molecule has 0 unspecified atom stereocenters. The number of halogens is 2. The van der Waals surface area contributed by atoms with E-state index in [4.69, 9.17) is 25.1 Å². The Morgan fingerprint density at radius 1 is 0.885 bits per heavy atom. The van der Waals surface area contributed by atoms with E-state index in [1.54, 1.807) is 24.3 Å². The van der Waals surface area contributed by atoms with Crippen LogP contribution in [0.2, 0.25) is 0 Å². The molecule has 5 aromatic carbocycles. The molecule has 1 aliphatic heterocycles. The van der Waals surface area contributed by atoms with Gasteiger partial charge in [0, 0.05) is 42.5 Å². The van der Waals surface area contributed by atoms with Crippen LogP contribution in [0, 0.1) is 11.6 Å². The Labute approximate surface area is 299 Å². The number of hydrogen-bond donors (Lipinski definition) is 3. The summed E-state index contributed by atoms with van der Waals surface area (Å²) in [6.45, 7) is 0.345.